The smallest absolute Gasteiger partial charge is 0.167 e. The summed E-state index contributed by atoms with van der Waals surface area (Å²) in [5.74, 6) is -0.399. The third-order valence-corrected chi connectivity index (χ3v) is 3.35. The second kappa shape index (κ2) is 5.26. The van der Waals surface area contributed by atoms with Crippen LogP contribution in [-0.4, -0.2) is 29.9 Å². The van der Waals surface area contributed by atoms with Gasteiger partial charge in [0.05, 0.1) is 11.4 Å². The number of benzene rings is 1. The number of hydrogen-bond donors (Lipinski definition) is 3. The van der Waals surface area contributed by atoms with Crippen LogP contribution in [0.25, 0.3) is 0 Å². The molecule has 0 bridgehead atoms. The summed E-state index contributed by atoms with van der Waals surface area (Å²) in [6.45, 7) is 2.61. The van der Waals surface area contributed by atoms with Crippen LogP contribution in [0.1, 0.15) is 6.92 Å². The van der Waals surface area contributed by atoms with Crippen molar-refractivity contribution in [3.05, 3.63) is 39.8 Å². The van der Waals surface area contributed by atoms with Gasteiger partial charge in [0, 0.05) is 18.1 Å². The highest BCUT2D eigenvalue weighted by atomic mass is 79.9. The first-order chi connectivity index (χ1) is 8.49. The molecule has 98 valence electrons. The van der Waals surface area contributed by atoms with Gasteiger partial charge in [-0.3, -0.25) is 0 Å². The summed E-state index contributed by atoms with van der Waals surface area (Å²) in [4.78, 5) is 0. The van der Waals surface area contributed by atoms with Crippen molar-refractivity contribution in [3.8, 4) is 0 Å². The Bertz CT molecular complexity index is 492. The summed E-state index contributed by atoms with van der Waals surface area (Å²) >= 11 is 3.27. The molecule has 0 radical (unpaired) electrons. The van der Waals surface area contributed by atoms with Gasteiger partial charge < -0.3 is 15.4 Å². The summed E-state index contributed by atoms with van der Waals surface area (Å²) in [5.41, 5.74) is 5.07. The van der Waals surface area contributed by atoms with Crippen molar-refractivity contribution in [1.82, 2.24) is 10.4 Å². The lowest BCUT2D eigenvalue weighted by Gasteiger charge is -2.23. The number of likely N-dealkylation sites (N-methyl/N-ethyl adjacent to an activating group) is 1. The van der Waals surface area contributed by atoms with Crippen molar-refractivity contribution in [2.75, 3.05) is 18.9 Å². The molecule has 1 aliphatic rings. The van der Waals surface area contributed by atoms with Gasteiger partial charge in [0.2, 0.25) is 0 Å². The molecule has 0 spiro atoms. The largest absolute Gasteiger partial charge is 0.368 e. The Morgan fingerprint density at radius 1 is 1.56 bits per heavy atom. The quantitative estimate of drug-likeness (QED) is 0.747. The fourth-order valence-corrected chi connectivity index (χ4v) is 2.30. The molecule has 3 N–H and O–H groups in total. The minimum atomic E-state index is -0.950. The van der Waals surface area contributed by atoms with Gasteiger partial charge in [0.1, 0.15) is 5.82 Å². The lowest BCUT2D eigenvalue weighted by atomic mass is 10.2. The summed E-state index contributed by atoms with van der Waals surface area (Å²) in [5, 5.41) is 14.6. The first-order valence-corrected chi connectivity index (χ1v) is 6.35. The minimum absolute atomic E-state index is 0.262. The summed E-state index contributed by atoms with van der Waals surface area (Å²) in [7, 11) is 1.81. The maximum absolute atomic E-state index is 13.6. The highest BCUT2D eigenvalue weighted by molar-refractivity contribution is 9.10. The van der Waals surface area contributed by atoms with Crippen LogP contribution in [0.2, 0.25) is 0 Å². The molecule has 0 aromatic heterocycles. The first-order valence-electron chi connectivity index (χ1n) is 5.55. The lowest BCUT2D eigenvalue weighted by molar-refractivity contribution is 0.186. The minimum Gasteiger partial charge on any atom is -0.368 e. The fraction of sp³-hybridized carbons (Fsp3) is 0.333. The van der Waals surface area contributed by atoms with E-state index in [4.69, 9.17) is 0 Å². The Labute approximate surface area is 114 Å². The Morgan fingerprint density at radius 2 is 2.28 bits per heavy atom. The number of halogens is 2. The maximum atomic E-state index is 13.6. The third kappa shape index (κ3) is 2.66. The van der Waals surface area contributed by atoms with Crippen molar-refractivity contribution in [1.29, 1.82) is 0 Å². The standard InChI is InChI=1S/C12H15BrFN3O/c1-7-6-15-17(2)11(7)12(18)16-10-5-8(13)3-4-9(10)14/h3-5,12,15-16,18H,6H2,1-2H3. The number of anilines is 1. The Morgan fingerprint density at radius 3 is 2.89 bits per heavy atom. The van der Waals surface area contributed by atoms with Crippen molar-refractivity contribution in [2.24, 2.45) is 0 Å². The zero-order chi connectivity index (χ0) is 13.3. The first kappa shape index (κ1) is 13.3. The van der Waals surface area contributed by atoms with E-state index >= 15 is 0 Å². The predicted octanol–water partition coefficient (Wildman–Crippen LogP) is 2.04. The molecule has 1 atom stereocenters. The number of nitrogens with zero attached hydrogens (tertiary/aromatic N) is 1. The Hall–Kier alpha value is -1.11. The fourth-order valence-electron chi connectivity index (χ4n) is 1.94. The Kier molecular flexibility index (Phi) is 3.89. The molecule has 1 heterocycles. The second-order valence-corrected chi connectivity index (χ2v) is 5.15. The van der Waals surface area contributed by atoms with Crippen LogP contribution in [0.3, 0.4) is 0 Å². The zero-order valence-corrected chi connectivity index (χ0v) is 11.8. The van der Waals surface area contributed by atoms with Crippen LogP contribution >= 0.6 is 15.9 Å². The molecular formula is C12H15BrFN3O. The van der Waals surface area contributed by atoms with Crippen molar-refractivity contribution in [3.63, 3.8) is 0 Å². The number of rotatable bonds is 3. The normalized spacial score (nSPS) is 17.3. The van der Waals surface area contributed by atoms with E-state index in [1.165, 1.54) is 6.07 Å². The van der Waals surface area contributed by atoms with Gasteiger partial charge in [0.15, 0.2) is 6.23 Å². The van der Waals surface area contributed by atoms with Crippen molar-refractivity contribution in [2.45, 2.75) is 13.2 Å². The molecule has 1 aromatic carbocycles. The topological polar surface area (TPSA) is 47.5 Å². The molecule has 1 unspecified atom stereocenters. The maximum Gasteiger partial charge on any atom is 0.167 e. The van der Waals surface area contributed by atoms with Gasteiger partial charge in [-0.1, -0.05) is 15.9 Å². The monoisotopic (exact) mass is 315 g/mol. The molecule has 18 heavy (non-hydrogen) atoms. The van der Waals surface area contributed by atoms with Crippen LogP contribution in [0.5, 0.6) is 0 Å². The number of hydrazine groups is 1. The van der Waals surface area contributed by atoms with E-state index in [-0.39, 0.29) is 5.69 Å². The van der Waals surface area contributed by atoms with Crippen LogP contribution in [0.4, 0.5) is 10.1 Å². The van der Waals surface area contributed by atoms with Crippen molar-refractivity contribution < 1.29 is 9.50 Å². The van der Waals surface area contributed by atoms with Crippen LogP contribution in [0.15, 0.2) is 33.9 Å². The van der Waals surface area contributed by atoms with E-state index in [1.54, 1.807) is 17.1 Å². The highest BCUT2D eigenvalue weighted by Gasteiger charge is 2.23. The average Bonchev–Trinajstić information content (AvgIpc) is 2.63. The summed E-state index contributed by atoms with van der Waals surface area (Å²) in [6.07, 6.45) is -0.950. The van der Waals surface area contributed by atoms with E-state index < -0.39 is 12.0 Å². The van der Waals surface area contributed by atoms with E-state index in [1.807, 2.05) is 14.0 Å². The molecule has 0 amide bonds. The Balaban J connectivity index is 2.19. The molecular weight excluding hydrogens is 301 g/mol. The molecule has 0 saturated carbocycles. The molecule has 4 nitrogen and oxygen atoms in total. The predicted molar refractivity (Wildman–Crippen MR) is 72.2 cm³/mol. The van der Waals surface area contributed by atoms with E-state index in [9.17, 15) is 9.50 Å². The number of nitrogens with one attached hydrogen (secondary N) is 2. The van der Waals surface area contributed by atoms with Crippen LogP contribution in [-0.2, 0) is 0 Å². The number of hydrogen-bond acceptors (Lipinski definition) is 4. The van der Waals surface area contributed by atoms with Crippen LogP contribution < -0.4 is 10.7 Å². The zero-order valence-electron chi connectivity index (χ0n) is 10.2. The summed E-state index contributed by atoms with van der Waals surface area (Å²) in [6, 6.07) is 4.55. The molecule has 1 aromatic rings. The number of aliphatic hydroxyl groups is 1. The van der Waals surface area contributed by atoms with E-state index in [0.717, 1.165) is 15.7 Å². The lowest BCUT2D eigenvalue weighted by Crippen LogP contribution is -2.35. The molecule has 0 fully saturated rings. The van der Waals surface area contributed by atoms with Gasteiger partial charge in [-0.25, -0.2) is 9.82 Å². The second-order valence-electron chi connectivity index (χ2n) is 4.23. The SMILES string of the molecule is CC1=C(C(O)Nc2cc(Br)ccc2F)N(C)NC1. The van der Waals surface area contributed by atoms with E-state index in [0.29, 0.717) is 6.54 Å². The number of aliphatic hydroxyl groups excluding tert-OH is 1. The van der Waals surface area contributed by atoms with Gasteiger partial charge in [-0.2, -0.15) is 0 Å². The molecule has 1 aliphatic heterocycles. The molecule has 0 aliphatic carbocycles. The van der Waals surface area contributed by atoms with Crippen LogP contribution in [0, 0.1) is 5.82 Å². The summed E-state index contributed by atoms with van der Waals surface area (Å²) < 4.78 is 14.3. The molecule has 0 saturated heterocycles. The average molecular weight is 316 g/mol. The van der Waals surface area contributed by atoms with Gasteiger partial charge in [0.25, 0.3) is 0 Å². The van der Waals surface area contributed by atoms with Gasteiger partial charge in [-0.15, -0.1) is 0 Å². The third-order valence-electron chi connectivity index (χ3n) is 2.86. The van der Waals surface area contributed by atoms with Gasteiger partial charge in [-0.05, 0) is 30.7 Å². The van der Waals surface area contributed by atoms with Crippen molar-refractivity contribution >= 4 is 21.6 Å². The molecule has 6 heteroatoms. The molecule has 2 rings (SSSR count). The van der Waals surface area contributed by atoms with Gasteiger partial charge >= 0.3 is 0 Å². The van der Waals surface area contributed by atoms with E-state index in [2.05, 4.69) is 26.7 Å². The highest BCUT2D eigenvalue weighted by Crippen LogP contribution is 2.23.